The predicted molar refractivity (Wildman–Crippen MR) is 70.7 cm³/mol. The van der Waals surface area contributed by atoms with Crippen LogP contribution in [0, 0.1) is 6.92 Å². The number of benzene rings is 1. The number of hydrogen-bond donors (Lipinski definition) is 2. The zero-order valence-electron chi connectivity index (χ0n) is 9.80. The van der Waals surface area contributed by atoms with Crippen molar-refractivity contribution in [2.45, 2.75) is 13.8 Å². The van der Waals surface area contributed by atoms with Gasteiger partial charge in [-0.15, -0.1) is 0 Å². The van der Waals surface area contributed by atoms with Gasteiger partial charge in [-0.1, -0.05) is 23.2 Å². The fourth-order valence-electron chi connectivity index (χ4n) is 1.83. The van der Waals surface area contributed by atoms with Crippen molar-refractivity contribution in [2.24, 2.45) is 0 Å². The number of nitrogens with one attached hydrogen (secondary N) is 1. The van der Waals surface area contributed by atoms with Gasteiger partial charge in [-0.2, -0.15) is 0 Å². The number of rotatable bonds is 2. The van der Waals surface area contributed by atoms with Crippen LogP contribution in [0.4, 0.5) is 0 Å². The van der Waals surface area contributed by atoms with Crippen LogP contribution in [-0.4, -0.2) is 22.7 Å². The number of aromatic nitrogens is 1. The van der Waals surface area contributed by atoms with Crippen molar-refractivity contribution >= 4 is 40.1 Å². The molecule has 2 N–H and O–H groups in total. The first-order chi connectivity index (χ1) is 8.47. The fourth-order valence-corrected chi connectivity index (χ4v) is 2.43. The molecular formula is C12H11Cl2NO3. The Labute approximate surface area is 113 Å². The van der Waals surface area contributed by atoms with Gasteiger partial charge in [-0.25, -0.2) is 4.79 Å². The maximum Gasteiger partial charge on any atom is 0.355 e. The Morgan fingerprint density at radius 2 is 2.17 bits per heavy atom. The summed E-state index contributed by atoms with van der Waals surface area (Å²) in [7, 11) is 0. The lowest BCUT2D eigenvalue weighted by molar-refractivity contribution is 0.0520. The first kappa shape index (κ1) is 13.1. The summed E-state index contributed by atoms with van der Waals surface area (Å²) in [4.78, 5) is 14.6. The monoisotopic (exact) mass is 287 g/mol. The average molecular weight is 288 g/mol. The van der Waals surface area contributed by atoms with Gasteiger partial charge in [0, 0.05) is 10.9 Å². The van der Waals surface area contributed by atoms with E-state index in [1.807, 2.05) is 0 Å². The molecule has 0 atom stereocenters. The highest BCUT2D eigenvalue weighted by Gasteiger charge is 2.20. The number of hydrogen-bond acceptors (Lipinski definition) is 3. The highest BCUT2D eigenvalue weighted by molar-refractivity contribution is 6.41. The van der Waals surface area contributed by atoms with Crippen molar-refractivity contribution in [3.05, 3.63) is 27.4 Å². The topological polar surface area (TPSA) is 62.3 Å². The third kappa shape index (κ3) is 1.91. The second-order valence-electron chi connectivity index (χ2n) is 3.79. The Morgan fingerprint density at radius 1 is 1.50 bits per heavy atom. The van der Waals surface area contributed by atoms with Crippen LogP contribution in [0.5, 0.6) is 5.75 Å². The third-order valence-electron chi connectivity index (χ3n) is 2.68. The fraction of sp³-hybridized carbons (Fsp3) is 0.250. The molecule has 0 saturated carbocycles. The number of H-pyrrole nitrogens is 1. The molecule has 1 aromatic heterocycles. The van der Waals surface area contributed by atoms with E-state index in [1.54, 1.807) is 13.8 Å². The minimum Gasteiger partial charge on any atom is -0.505 e. The van der Waals surface area contributed by atoms with E-state index in [2.05, 4.69) is 4.98 Å². The SMILES string of the molecule is CCOC(=O)c1[nH]c2cc(Cl)c(O)c(Cl)c2c1C. The summed E-state index contributed by atoms with van der Waals surface area (Å²) < 4.78 is 4.93. The van der Waals surface area contributed by atoms with E-state index in [0.29, 0.717) is 22.2 Å². The Bertz CT molecular complexity index is 634. The first-order valence-electron chi connectivity index (χ1n) is 5.33. The highest BCUT2D eigenvalue weighted by Crippen LogP contribution is 2.40. The summed E-state index contributed by atoms with van der Waals surface area (Å²) in [5.74, 6) is -0.652. The number of aromatic amines is 1. The number of ether oxygens (including phenoxy) is 1. The summed E-state index contributed by atoms with van der Waals surface area (Å²) in [5.41, 5.74) is 1.53. The van der Waals surface area contributed by atoms with Gasteiger partial charge >= 0.3 is 5.97 Å². The smallest absolute Gasteiger partial charge is 0.355 e. The van der Waals surface area contributed by atoms with E-state index in [0.717, 1.165) is 0 Å². The summed E-state index contributed by atoms with van der Waals surface area (Å²) in [6.07, 6.45) is 0. The zero-order valence-corrected chi connectivity index (χ0v) is 11.3. The van der Waals surface area contributed by atoms with Crippen molar-refractivity contribution in [1.29, 1.82) is 0 Å². The van der Waals surface area contributed by atoms with Crippen LogP contribution < -0.4 is 0 Å². The minimum absolute atomic E-state index is 0.127. The number of fused-ring (bicyclic) bond motifs is 1. The van der Waals surface area contributed by atoms with Crippen LogP contribution in [0.1, 0.15) is 23.0 Å². The molecule has 2 aromatic rings. The van der Waals surface area contributed by atoms with Gasteiger partial charge in [0.25, 0.3) is 0 Å². The maximum absolute atomic E-state index is 11.7. The van der Waals surface area contributed by atoms with Gasteiger partial charge in [-0.05, 0) is 25.5 Å². The molecule has 0 bridgehead atoms. The quantitative estimate of drug-likeness (QED) is 0.829. The molecule has 0 unspecified atom stereocenters. The standard InChI is InChI=1S/C12H11Cl2NO3/c1-3-18-12(17)10-5(2)8-7(15-10)4-6(13)11(16)9(8)14/h4,15-16H,3H2,1-2H3. The molecule has 1 aromatic carbocycles. The van der Waals surface area contributed by atoms with E-state index >= 15 is 0 Å². The van der Waals surface area contributed by atoms with Crippen LogP contribution in [0.3, 0.4) is 0 Å². The van der Waals surface area contributed by atoms with Gasteiger partial charge < -0.3 is 14.8 Å². The Kier molecular flexibility index (Phi) is 3.41. The molecule has 0 aliphatic carbocycles. The Balaban J connectivity index is 2.71. The van der Waals surface area contributed by atoms with E-state index < -0.39 is 5.97 Å². The van der Waals surface area contributed by atoms with Crippen molar-refractivity contribution < 1.29 is 14.6 Å². The number of aryl methyl sites for hydroxylation is 1. The number of halogens is 2. The Hall–Kier alpha value is -1.39. The van der Waals surface area contributed by atoms with Crippen LogP contribution in [-0.2, 0) is 4.74 Å². The minimum atomic E-state index is -0.460. The number of aromatic hydroxyl groups is 1. The van der Waals surface area contributed by atoms with Crippen LogP contribution in [0.15, 0.2) is 6.07 Å². The molecule has 6 heteroatoms. The van der Waals surface area contributed by atoms with Gasteiger partial charge in [0.2, 0.25) is 0 Å². The van der Waals surface area contributed by atoms with E-state index in [4.69, 9.17) is 27.9 Å². The number of phenols is 1. The number of esters is 1. The molecule has 1 heterocycles. The van der Waals surface area contributed by atoms with Gasteiger partial charge in [0.15, 0.2) is 5.75 Å². The second-order valence-corrected chi connectivity index (χ2v) is 4.57. The predicted octanol–water partition coefficient (Wildman–Crippen LogP) is 3.67. The van der Waals surface area contributed by atoms with Gasteiger partial charge in [-0.3, -0.25) is 0 Å². The molecule has 18 heavy (non-hydrogen) atoms. The van der Waals surface area contributed by atoms with Crippen LogP contribution >= 0.6 is 23.2 Å². The lowest BCUT2D eigenvalue weighted by Crippen LogP contribution is -2.06. The van der Waals surface area contributed by atoms with E-state index in [-0.39, 0.29) is 22.4 Å². The Morgan fingerprint density at radius 3 is 2.78 bits per heavy atom. The van der Waals surface area contributed by atoms with E-state index in [1.165, 1.54) is 6.07 Å². The molecule has 0 radical (unpaired) electrons. The number of phenolic OH excluding ortho intramolecular Hbond substituents is 1. The summed E-state index contributed by atoms with van der Waals surface area (Å²) >= 11 is 11.8. The molecule has 96 valence electrons. The van der Waals surface area contributed by atoms with Crippen molar-refractivity contribution in [3.63, 3.8) is 0 Å². The molecule has 4 nitrogen and oxygen atoms in total. The summed E-state index contributed by atoms with van der Waals surface area (Å²) in [6.45, 7) is 3.74. The molecule has 0 spiro atoms. The molecule has 0 aliphatic rings. The molecule has 0 aliphatic heterocycles. The van der Waals surface area contributed by atoms with Crippen LogP contribution in [0.2, 0.25) is 10.0 Å². The zero-order chi connectivity index (χ0) is 13.4. The highest BCUT2D eigenvalue weighted by atomic mass is 35.5. The molecule has 0 saturated heterocycles. The van der Waals surface area contributed by atoms with Crippen molar-refractivity contribution in [2.75, 3.05) is 6.61 Å². The first-order valence-corrected chi connectivity index (χ1v) is 6.09. The maximum atomic E-state index is 11.7. The van der Waals surface area contributed by atoms with Crippen LogP contribution in [0.25, 0.3) is 10.9 Å². The van der Waals surface area contributed by atoms with Gasteiger partial charge in [0.1, 0.15) is 5.69 Å². The molecular weight excluding hydrogens is 277 g/mol. The number of carbonyl (C=O) groups is 1. The summed E-state index contributed by atoms with van der Waals surface area (Å²) in [5, 5.41) is 10.5. The lowest BCUT2D eigenvalue weighted by Gasteiger charge is -2.02. The molecule has 0 amide bonds. The van der Waals surface area contributed by atoms with Crippen molar-refractivity contribution in [1.82, 2.24) is 4.98 Å². The molecule has 0 fully saturated rings. The molecule has 2 rings (SSSR count). The van der Waals surface area contributed by atoms with E-state index in [9.17, 15) is 9.90 Å². The number of carbonyl (C=O) groups excluding carboxylic acids is 1. The van der Waals surface area contributed by atoms with Crippen molar-refractivity contribution in [3.8, 4) is 5.75 Å². The average Bonchev–Trinajstić information content (AvgIpc) is 2.64. The van der Waals surface area contributed by atoms with Gasteiger partial charge in [0.05, 0.1) is 16.7 Å². The normalized spacial score (nSPS) is 10.9. The lowest BCUT2D eigenvalue weighted by atomic mass is 10.1. The third-order valence-corrected chi connectivity index (χ3v) is 3.34. The largest absolute Gasteiger partial charge is 0.505 e. The summed E-state index contributed by atoms with van der Waals surface area (Å²) in [6, 6.07) is 1.52. The second kappa shape index (κ2) is 4.71.